The third-order valence-electron chi connectivity index (χ3n) is 3.77. The van der Waals surface area contributed by atoms with Gasteiger partial charge in [-0.05, 0) is 49.6 Å². The molecular formula is C17H16ClF6N. The molecule has 0 unspecified atom stereocenters. The Hall–Kier alpha value is -1.89. The van der Waals surface area contributed by atoms with Crippen molar-refractivity contribution in [1.82, 2.24) is 0 Å². The van der Waals surface area contributed by atoms with Gasteiger partial charge in [0.25, 0.3) is 0 Å². The standard InChI is InChI=1S/C17H15F6N.ClH/c1-9-3-4-11(7-10(9)2)24-6-5-12-14(18)8-13(17(21,22)23)16(20)15(12)19;/h3-4,7-8,24H,5-6H2,1-2H3;1H. The fourth-order valence-corrected chi connectivity index (χ4v) is 2.25. The molecule has 0 saturated carbocycles. The molecule has 138 valence electrons. The monoisotopic (exact) mass is 383 g/mol. The van der Waals surface area contributed by atoms with E-state index < -0.39 is 34.8 Å². The first-order valence-corrected chi connectivity index (χ1v) is 7.16. The lowest BCUT2D eigenvalue weighted by molar-refractivity contribution is -0.140. The molecule has 0 aromatic heterocycles. The molecule has 0 heterocycles. The van der Waals surface area contributed by atoms with Crippen LogP contribution in [0.2, 0.25) is 0 Å². The number of halogens is 7. The highest BCUT2D eigenvalue weighted by atomic mass is 35.5. The second-order valence-corrected chi connectivity index (χ2v) is 5.49. The molecule has 0 spiro atoms. The highest BCUT2D eigenvalue weighted by Gasteiger charge is 2.37. The van der Waals surface area contributed by atoms with Crippen LogP contribution in [-0.2, 0) is 12.6 Å². The van der Waals surface area contributed by atoms with Crippen molar-refractivity contribution >= 4 is 18.1 Å². The molecule has 8 heteroatoms. The van der Waals surface area contributed by atoms with E-state index in [2.05, 4.69) is 5.32 Å². The summed E-state index contributed by atoms with van der Waals surface area (Å²) in [6, 6.07) is 5.44. The van der Waals surface area contributed by atoms with Gasteiger partial charge in [-0.1, -0.05) is 6.07 Å². The van der Waals surface area contributed by atoms with Crippen LogP contribution in [0.25, 0.3) is 0 Å². The number of alkyl halides is 3. The second kappa shape index (κ2) is 7.99. The van der Waals surface area contributed by atoms with Gasteiger partial charge in [0.2, 0.25) is 0 Å². The van der Waals surface area contributed by atoms with Gasteiger partial charge < -0.3 is 5.32 Å². The van der Waals surface area contributed by atoms with Crippen LogP contribution >= 0.6 is 12.4 Å². The largest absolute Gasteiger partial charge is 0.419 e. The summed E-state index contributed by atoms with van der Waals surface area (Å²) in [5.41, 5.74) is 0.131. The average molecular weight is 384 g/mol. The minimum atomic E-state index is -5.15. The molecule has 0 amide bonds. The van der Waals surface area contributed by atoms with Crippen LogP contribution in [0.1, 0.15) is 22.3 Å². The van der Waals surface area contributed by atoms with Gasteiger partial charge in [-0.3, -0.25) is 0 Å². The Bertz CT molecular complexity index is 758. The number of hydrogen-bond acceptors (Lipinski definition) is 1. The summed E-state index contributed by atoms with van der Waals surface area (Å²) in [5, 5.41) is 2.90. The Balaban J connectivity index is 0.00000312. The third kappa shape index (κ3) is 4.81. The second-order valence-electron chi connectivity index (χ2n) is 5.49. The lowest BCUT2D eigenvalue weighted by Gasteiger charge is -2.13. The topological polar surface area (TPSA) is 12.0 Å². The van der Waals surface area contributed by atoms with Crippen molar-refractivity contribution in [3.8, 4) is 0 Å². The van der Waals surface area contributed by atoms with Gasteiger partial charge in [0.1, 0.15) is 5.82 Å². The van der Waals surface area contributed by atoms with Crippen LogP contribution in [0.4, 0.5) is 32.0 Å². The summed E-state index contributed by atoms with van der Waals surface area (Å²) >= 11 is 0. The molecule has 0 aliphatic heterocycles. The summed E-state index contributed by atoms with van der Waals surface area (Å²) < 4.78 is 78.5. The van der Waals surface area contributed by atoms with E-state index in [-0.39, 0.29) is 31.4 Å². The molecule has 0 saturated heterocycles. The van der Waals surface area contributed by atoms with Gasteiger partial charge in [0.15, 0.2) is 11.6 Å². The summed E-state index contributed by atoms with van der Waals surface area (Å²) in [6.07, 6.45) is -5.44. The van der Waals surface area contributed by atoms with Crippen LogP contribution < -0.4 is 5.32 Å². The Morgan fingerprint density at radius 1 is 0.920 bits per heavy atom. The van der Waals surface area contributed by atoms with Crippen molar-refractivity contribution in [1.29, 1.82) is 0 Å². The van der Waals surface area contributed by atoms with Crippen LogP contribution in [0.5, 0.6) is 0 Å². The van der Waals surface area contributed by atoms with Gasteiger partial charge in [-0.25, -0.2) is 13.2 Å². The summed E-state index contributed by atoms with van der Waals surface area (Å²) in [4.78, 5) is 0. The third-order valence-corrected chi connectivity index (χ3v) is 3.77. The minimum absolute atomic E-state index is 0. The van der Waals surface area contributed by atoms with Crippen molar-refractivity contribution in [3.05, 3.63) is 64.0 Å². The van der Waals surface area contributed by atoms with Gasteiger partial charge >= 0.3 is 6.18 Å². The smallest absolute Gasteiger partial charge is 0.385 e. The predicted molar refractivity (Wildman–Crippen MR) is 86.7 cm³/mol. The maximum absolute atomic E-state index is 13.8. The average Bonchev–Trinajstić information content (AvgIpc) is 2.48. The van der Waals surface area contributed by atoms with Crippen molar-refractivity contribution in [2.45, 2.75) is 26.4 Å². The molecule has 2 aromatic carbocycles. The number of anilines is 1. The van der Waals surface area contributed by atoms with Crippen LogP contribution in [0.15, 0.2) is 24.3 Å². The molecule has 2 aromatic rings. The van der Waals surface area contributed by atoms with Crippen LogP contribution in [0, 0.1) is 31.3 Å². The van der Waals surface area contributed by atoms with Crippen molar-refractivity contribution < 1.29 is 26.3 Å². The zero-order valence-electron chi connectivity index (χ0n) is 13.4. The van der Waals surface area contributed by atoms with Gasteiger partial charge in [0, 0.05) is 17.8 Å². The summed E-state index contributed by atoms with van der Waals surface area (Å²) in [5.74, 6) is -5.29. The van der Waals surface area contributed by atoms with E-state index in [1.54, 1.807) is 6.07 Å². The SMILES string of the molecule is Cc1ccc(NCCc2c(F)cc(C(F)(F)F)c(F)c2F)cc1C.Cl. The van der Waals surface area contributed by atoms with E-state index in [0.29, 0.717) is 5.69 Å². The molecule has 0 atom stereocenters. The number of benzene rings is 2. The lowest BCUT2D eigenvalue weighted by Crippen LogP contribution is -2.15. The van der Waals surface area contributed by atoms with Crippen LogP contribution in [-0.4, -0.2) is 6.54 Å². The normalized spacial score (nSPS) is 11.2. The van der Waals surface area contributed by atoms with Gasteiger partial charge in [-0.15, -0.1) is 12.4 Å². The first-order valence-electron chi connectivity index (χ1n) is 7.16. The number of rotatable bonds is 4. The quantitative estimate of drug-likeness (QED) is 0.518. The van der Waals surface area contributed by atoms with E-state index in [1.165, 1.54) is 0 Å². The molecule has 0 bridgehead atoms. The van der Waals surface area contributed by atoms with E-state index in [0.717, 1.165) is 11.1 Å². The molecule has 25 heavy (non-hydrogen) atoms. The Morgan fingerprint density at radius 2 is 1.56 bits per heavy atom. The zero-order chi connectivity index (χ0) is 18.1. The lowest BCUT2D eigenvalue weighted by atomic mass is 10.1. The van der Waals surface area contributed by atoms with E-state index in [4.69, 9.17) is 0 Å². The summed E-state index contributed by atoms with van der Waals surface area (Å²) in [6.45, 7) is 3.86. The first-order chi connectivity index (χ1) is 11.1. The van der Waals surface area contributed by atoms with E-state index in [9.17, 15) is 26.3 Å². The highest BCUT2D eigenvalue weighted by Crippen LogP contribution is 2.34. The summed E-state index contributed by atoms with van der Waals surface area (Å²) in [7, 11) is 0. The van der Waals surface area contributed by atoms with E-state index >= 15 is 0 Å². The number of aryl methyl sites for hydroxylation is 2. The molecule has 0 radical (unpaired) electrons. The fraction of sp³-hybridized carbons (Fsp3) is 0.294. The molecule has 2 rings (SSSR count). The van der Waals surface area contributed by atoms with Gasteiger partial charge in [-0.2, -0.15) is 13.2 Å². The molecule has 1 nitrogen and oxygen atoms in total. The van der Waals surface area contributed by atoms with Crippen LogP contribution in [0.3, 0.4) is 0 Å². The predicted octanol–water partition coefficient (Wildman–Crippen LogP) is 5.82. The Kier molecular flexibility index (Phi) is 6.76. The molecule has 0 aliphatic rings. The molecule has 0 aliphatic carbocycles. The fourth-order valence-electron chi connectivity index (χ4n) is 2.25. The molecule has 1 N–H and O–H groups in total. The van der Waals surface area contributed by atoms with E-state index in [1.807, 2.05) is 26.0 Å². The maximum atomic E-state index is 13.8. The zero-order valence-corrected chi connectivity index (χ0v) is 14.2. The maximum Gasteiger partial charge on any atom is 0.419 e. The first kappa shape index (κ1) is 21.2. The van der Waals surface area contributed by atoms with Gasteiger partial charge in [0.05, 0.1) is 5.56 Å². The molecule has 0 fully saturated rings. The Morgan fingerprint density at radius 3 is 2.12 bits per heavy atom. The van der Waals surface area contributed by atoms with Crippen molar-refractivity contribution in [3.63, 3.8) is 0 Å². The van der Waals surface area contributed by atoms with Crippen molar-refractivity contribution in [2.24, 2.45) is 0 Å². The molecular weight excluding hydrogens is 368 g/mol. The number of hydrogen-bond donors (Lipinski definition) is 1. The Labute approximate surface area is 147 Å². The van der Waals surface area contributed by atoms with Crippen molar-refractivity contribution in [2.75, 3.05) is 11.9 Å². The highest BCUT2D eigenvalue weighted by molar-refractivity contribution is 5.85. The number of nitrogens with one attached hydrogen (secondary N) is 1. The minimum Gasteiger partial charge on any atom is -0.385 e.